The van der Waals surface area contributed by atoms with Crippen molar-refractivity contribution < 1.29 is 18.7 Å². The van der Waals surface area contributed by atoms with Crippen LogP contribution < -0.4 is 0 Å². The Kier molecular flexibility index (Phi) is 6.06. The Bertz CT molecular complexity index is 957. The second kappa shape index (κ2) is 8.47. The third kappa shape index (κ3) is 4.51. The summed E-state index contributed by atoms with van der Waals surface area (Å²) in [5.41, 5.74) is 0.309. The molecule has 0 aromatic heterocycles. The van der Waals surface area contributed by atoms with Gasteiger partial charge < -0.3 is 4.74 Å². The first-order valence-corrected chi connectivity index (χ1v) is 9.57. The summed E-state index contributed by atoms with van der Waals surface area (Å²) in [6.45, 7) is -0.357. The Labute approximate surface area is 162 Å². The van der Waals surface area contributed by atoms with Crippen LogP contribution in [0, 0.1) is 5.82 Å². The van der Waals surface area contributed by atoms with Crippen LogP contribution >= 0.6 is 27.7 Å². The Hall–Kier alpha value is -2.18. The van der Waals surface area contributed by atoms with E-state index in [1.807, 2.05) is 36.4 Å². The summed E-state index contributed by atoms with van der Waals surface area (Å²) >= 11 is 4.91. The number of benzene rings is 3. The monoisotopic (exact) mass is 432 g/mol. The maximum absolute atomic E-state index is 12.9. The predicted molar refractivity (Wildman–Crippen MR) is 104 cm³/mol. The number of ether oxygens (including phenoxy) is 1. The van der Waals surface area contributed by atoms with E-state index in [1.165, 1.54) is 36.0 Å². The molecule has 0 atom stereocenters. The highest BCUT2D eigenvalue weighted by atomic mass is 79.9. The molecule has 3 aromatic rings. The van der Waals surface area contributed by atoms with Crippen LogP contribution in [-0.4, -0.2) is 24.1 Å². The lowest BCUT2D eigenvalue weighted by Crippen LogP contribution is -2.15. The average Bonchev–Trinajstić information content (AvgIpc) is 2.66. The van der Waals surface area contributed by atoms with Gasteiger partial charge in [-0.15, -0.1) is 11.8 Å². The molecule has 0 aliphatic heterocycles. The van der Waals surface area contributed by atoms with Crippen LogP contribution in [0.3, 0.4) is 0 Å². The number of carbonyl (C=O) groups excluding carboxylic acids is 2. The molecule has 0 radical (unpaired) electrons. The maximum atomic E-state index is 12.9. The van der Waals surface area contributed by atoms with Crippen LogP contribution in [-0.2, 0) is 9.53 Å². The summed E-state index contributed by atoms with van der Waals surface area (Å²) in [6.07, 6.45) is 0. The molecule has 3 aromatic carbocycles. The number of hydrogen-bond acceptors (Lipinski definition) is 4. The van der Waals surface area contributed by atoms with E-state index in [-0.39, 0.29) is 18.1 Å². The minimum Gasteiger partial charge on any atom is -0.457 e. The van der Waals surface area contributed by atoms with Gasteiger partial charge in [-0.3, -0.25) is 9.59 Å². The molecule has 0 saturated carbocycles. The summed E-state index contributed by atoms with van der Waals surface area (Å²) in [4.78, 5) is 24.8. The Morgan fingerprint density at radius 1 is 1.00 bits per heavy atom. The van der Waals surface area contributed by atoms with Gasteiger partial charge in [0.05, 0.1) is 5.75 Å². The van der Waals surface area contributed by atoms with Crippen molar-refractivity contribution in [1.82, 2.24) is 0 Å². The van der Waals surface area contributed by atoms with Gasteiger partial charge in [-0.25, -0.2) is 4.39 Å². The first-order chi connectivity index (χ1) is 12.5. The highest BCUT2D eigenvalue weighted by molar-refractivity contribution is 9.10. The number of Topliss-reactive ketones (excluding diaryl/α,β-unsaturated/α-hetero) is 1. The van der Waals surface area contributed by atoms with Crippen molar-refractivity contribution in [2.45, 2.75) is 4.90 Å². The molecule has 3 nitrogen and oxygen atoms in total. The van der Waals surface area contributed by atoms with Gasteiger partial charge >= 0.3 is 5.97 Å². The van der Waals surface area contributed by atoms with E-state index in [9.17, 15) is 14.0 Å². The lowest BCUT2D eigenvalue weighted by Gasteiger charge is -2.08. The number of esters is 1. The van der Waals surface area contributed by atoms with E-state index in [0.717, 1.165) is 20.1 Å². The van der Waals surface area contributed by atoms with Crippen molar-refractivity contribution in [3.05, 3.63) is 76.5 Å². The first-order valence-electron chi connectivity index (χ1n) is 7.79. The summed E-state index contributed by atoms with van der Waals surface area (Å²) in [5.74, 6) is -1.18. The van der Waals surface area contributed by atoms with Gasteiger partial charge in [-0.2, -0.15) is 0 Å². The van der Waals surface area contributed by atoms with E-state index < -0.39 is 11.8 Å². The molecule has 0 heterocycles. The molecule has 0 aliphatic rings. The first kappa shape index (κ1) is 18.6. The van der Waals surface area contributed by atoms with Crippen LogP contribution in [0.25, 0.3) is 10.8 Å². The summed E-state index contributed by atoms with van der Waals surface area (Å²) < 4.78 is 18.8. The maximum Gasteiger partial charge on any atom is 0.316 e. The van der Waals surface area contributed by atoms with Crippen LogP contribution in [0.4, 0.5) is 4.39 Å². The van der Waals surface area contributed by atoms with E-state index in [4.69, 9.17) is 4.74 Å². The smallest absolute Gasteiger partial charge is 0.316 e. The fourth-order valence-electron chi connectivity index (χ4n) is 2.37. The third-order valence-electron chi connectivity index (χ3n) is 3.70. The molecule has 0 unspecified atom stereocenters. The van der Waals surface area contributed by atoms with Crippen molar-refractivity contribution in [2.75, 3.05) is 12.4 Å². The molecule has 0 amide bonds. The highest BCUT2D eigenvalue weighted by Crippen LogP contribution is 2.34. The quantitative estimate of drug-likeness (QED) is 0.302. The van der Waals surface area contributed by atoms with Crippen LogP contribution in [0.5, 0.6) is 0 Å². The van der Waals surface area contributed by atoms with Crippen molar-refractivity contribution in [2.24, 2.45) is 0 Å². The van der Waals surface area contributed by atoms with Crippen molar-refractivity contribution in [3.8, 4) is 0 Å². The van der Waals surface area contributed by atoms with E-state index in [0.29, 0.717) is 5.56 Å². The van der Waals surface area contributed by atoms with Crippen LogP contribution in [0.1, 0.15) is 10.4 Å². The van der Waals surface area contributed by atoms with Crippen molar-refractivity contribution in [1.29, 1.82) is 0 Å². The number of rotatable bonds is 6. The van der Waals surface area contributed by atoms with Crippen LogP contribution in [0.15, 0.2) is 70.0 Å². The molecule has 132 valence electrons. The average molecular weight is 433 g/mol. The SMILES string of the molecule is O=C(CSc1ccc2ccccc2c1Br)OCC(=O)c1ccc(F)cc1. The highest BCUT2D eigenvalue weighted by Gasteiger charge is 2.12. The molecule has 0 saturated heterocycles. The largest absolute Gasteiger partial charge is 0.457 e. The fraction of sp³-hybridized carbons (Fsp3) is 0.100. The molecule has 0 bridgehead atoms. The normalized spacial score (nSPS) is 10.7. The van der Waals surface area contributed by atoms with Gasteiger partial charge in [-0.1, -0.05) is 30.3 Å². The minimum absolute atomic E-state index is 0.0909. The summed E-state index contributed by atoms with van der Waals surface area (Å²) in [7, 11) is 0. The summed E-state index contributed by atoms with van der Waals surface area (Å²) in [5, 5.41) is 2.17. The zero-order valence-corrected chi connectivity index (χ0v) is 16.0. The molecule has 26 heavy (non-hydrogen) atoms. The van der Waals surface area contributed by atoms with Crippen LogP contribution in [0.2, 0.25) is 0 Å². The third-order valence-corrected chi connectivity index (χ3v) is 5.85. The van der Waals surface area contributed by atoms with Crippen molar-refractivity contribution in [3.63, 3.8) is 0 Å². The lowest BCUT2D eigenvalue weighted by molar-refractivity contribution is -0.139. The lowest BCUT2D eigenvalue weighted by atomic mass is 10.1. The Morgan fingerprint density at radius 3 is 2.50 bits per heavy atom. The number of halogens is 2. The van der Waals surface area contributed by atoms with E-state index in [1.54, 1.807) is 0 Å². The fourth-order valence-corrected chi connectivity index (χ4v) is 3.96. The van der Waals surface area contributed by atoms with E-state index in [2.05, 4.69) is 15.9 Å². The molecule has 0 aliphatic carbocycles. The zero-order chi connectivity index (χ0) is 18.5. The molecule has 3 rings (SSSR count). The molecular formula is C20H14BrFO3S. The van der Waals surface area contributed by atoms with Gasteiger partial charge in [0.2, 0.25) is 0 Å². The number of thioether (sulfide) groups is 1. The van der Waals surface area contributed by atoms with Gasteiger partial charge in [0.15, 0.2) is 12.4 Å². The van der Waals surface area contributed by atoms with Gasteiger partial charge in [0.1, 0.15) is 5.82 Å². The molecule has 0 fully saturated rings. The second-order valence-corrected chi connectivity index (χ2v) is 7.29. The summed E-state index contributed by atoms with van der Waals surface area (Å²) in [6, 6.07) is 17.0. The minimum atomic E-state index is -0.481. The topological polar surface area (TPSA) is 43.4 Å². The van der Waals surface area contributed by atoms with Crippen molar-refractivity contribution >= 4 is 50.2 Å². The number of ketones is 1. The zero-order valence-electron chi connectivity index (χ0n) is 13.6. The Morgan fingerprint density at radius 2 is 1.73 bits per heavy atom. The molecule has 0 spiro atoms. The molecule has 0 N–H and O–H groups in total. The number of fused-ring (bicyclic) bond motifs is 1. The number of carbonyl (C=O) groups is 2. The van der Waals surface area contributed by atoms with E-state index >= 15 is 0 Å². The molecular weight excluding hydrogens is 419 g/mol. The predicted octanol–water partition coefficient (Wildman–Crippen LogP) is 5.26. The second-order valence-electron chi connectivity index (χ2n) is 5.48. The molecule has 6 heteroatoms. The Balaban J connectivity index is 1.55. The number of hydrogen-bond donors (Lipinski definition) is 0. The van der Waals surface area contributed by atoms with Gasteiger partial charge in [0.25, 0.3) is 0 Å². The standard InChI is InChI=1S/C20H14BrFO3S/c21-20-16-4-2-1-3-13(16)7-10-18(20)26-12-19(24)25-11-17(23)14-5-8-15(22)9-6-14/h1-10H,11-12H2. The van der Waals surface area contributed by atoms with Gasteiger partial charge in [-0.05, 0) is 57.0 Å². The van der Waals surface area contributed by atoms with Gasteiger partial charge in [0, 0.05) is 14.9 Å².